The Labute approximate surface area is 308 Å². The Morgan fingerprint density at radius 1 is 0.434 bits per heavy atom. The molecular formula is C50H35N3. The number of fused-ring (bicyclic) bond motifs is 4. The van der Waals surface area contributed by atoms with E-state index in [1.807, 2.05) is 18.2 Å². The van der Waals surface area contributed by atoms with Crippen LogP contribution in [0.5, 0.6) is 0 Å². The molecule has 9 aromatic rings. The summed E-state index contributed by atoms with van der Waals surface area (Å²) in [6.07, 6.45) is 8.79. The molecule has 0 aliphatic heterocycles. The van der Waals surface area contributed by atoms with Crippen LogP contribution < -0.4 is 0 Å². The van der Waals surface area contributed by atoms with Crippen molar-refractivity contribution in [2.24, 2.45) is 0 Å². The zero-order valence-corrected chi connectivity index (χ0v) is 29.2. The Morgan fingerprint density at radius 3 is 1.87 bits per heavy atom. The van der Waals surface area contributed by atoms with Gasteiger partial charge in [-0.05, 0) is 87.8 Å². The third-order valence-corrected chi connectivity index (χ3v) is 10.4. The summed E-state index contributed by atoms with van der Waals surface area (Å²) in [5.41, 5.74) is 13.5. The highest BCUT2D eigenvalue weighted by atomic mass is 15.0. The summed E-state index contributed by atoms with van der Waals surface area (Å²) in [6.45, 7) is 0. The van der Waals surface area contributed by atoms with Crippen LogP contribution in [0.4, 0.5) is 0 Å². The fourth-order valence-corrected chi connectivity index (χ4v) is 7.81. The zero-order chi connectivity index (χ0) is 35.1. The van der Waals surface area contributed by atoms with Crippen LogP contribution in [-0.4, -0.2) is 14.5 Å². The number of para-hydroxylation sites is 2. The standard InChI is InChI=1S/C50H35N3/c1-3-13-36(14-4-1)46-33-47(52-50(51-46)38-15-5-2-6-16-38)37-28-25-35(26-29-37)42-22-12-17-34-27-30-40(32-45(34)42)39-18-11-19-41(31-39)53-48-23-9-7-20-43(48)44-21-8-10-24-49(44)53/h2-3,5-33H,1,4H2. The number of hydrogen-bond donors (Lipinski definition) is 0. The van der Waals surface area contributed by atoms with E-state index < -0.39 is 0 Å². The predicted molar refractivity (Wildman–Crippen MR) is 222 cm³/mol. The minimum atomic E-state index is 0.742. The van der Waals surface area contributed by atoms with E-state index in [1.54, 1.807) is 0 Å². The van der Waals surface area contributed by atoms with Gasteiger partial charge in [-0.3, -0.25) is 0 Å². The molecule has 0 radical (unpaired) electrons. The van der Waals surface area contributed by atoms with Crippen LogP contribution in [0.25, 0.3) is 88.7 Å². The maximum Gasteiger partial charge on any atom is 0.160 e. The van der Waals surface area contributed by atoms with Crippen molar-refractivity contribution in [3.8, 4) is 50.6 Å². The van der Waals surface area contributed by atoms with Gasteiger partial charge < -0.3 is 4.57 Å². The quantitative estimate of drug-likeness (QED) is 0.175. The maximum atomic E-state index is 5.06. The lowest BCUT2D eigenvalue weighted by Crippen LogP contribution is -1.98. The van der Waals surface area contributed by atoms with E-state index in [-0.39, 0.29) is 0 Å². The molecule has 0 N–H and O–H groups in total. The van der Waals surface area contributed by atoms with Gasteiger partial charge in [-0.2, -0.15) is 0 Å². The van der Waals surface area contributed by atoms with Gasteiger partial charge in [0.1, 0.15) is 0 Å². The smallest absolute Gasteiger partial charge is 0.160 e. The topological polar surface area (TPSA) is 30.7 Å². The third kappa shape index (κ3) is 5.64. The Morgan fingerprint density at radius 2 is 1.09 bits per heavy atom. The van der Waals surface area contributed by atoms with E-state index in [2.05, 4.69) is 174 Å². The average molecular weight is 678 g/mol. The highest BCUT2D eigenvalue weighted by molar-refractivity contribution is 6.09. The fraction of sp³-hybridized carbons (Fsp3) is 0.0400. The van der Waals surface area contributed by atoms with Gasteiger partial charge in [-0.25, -0.2) is 9.97 Å². The Balaban J connectivity index is 1.03. The minimum Gasteiger partial charge on any atom is -0.309 e. The second-order valence-corrected chi connectivity index (χ2v) is 13.7. The molecule has 0 spiro atoms. The second kappa shape index (κ2) is 13.0. The average Bonchev–Trinajstić information content (AvgIpc) is 3.58. The van der Waals surface area contributed by atoms with Crippen molar-refractivity contribution in [3.63, 3.8) is 0 Å². The third-order valence-electron chi connectivity index (χ3n) is 10.4. The molecule has 2 heterocycles. The number of rotatable bonds is 6. The molecule has 53 heavy (non-hydrogen) atoms. The van der Waals surface area contributed by atoms with Gasteiger partial charge in [0.25, 0.3) is 0 Å². The van der Waals surface area contributed by atoms with Gasteiger partial charge in [0.05, 0.1) is 22.4 Å². The molecule has 0 saturated heterocycles. The summed E-state index contributed by atoms with van der Waals surface area (Å²) < 4.78 is 2.38. The van der Waals surface area contributed by atoms with Crippen LogP contribution in [-0.2, 0) is 0 Å². The van der Waals surface area contributed by atoms with E-state index in [0.29, 0.717) is 0 Å². The SMILES string of the molecule is C1=CC(c2cc(-c3ccc(-c4cccc5ccc(-c6cccc(-n7c8ccccc8c8ccccc87)c6)cc45)cc3)nc(-c3ccccc3)n2)=CCC1. The summed E-state index contributed by atoms with van der Waals surface area (Å²) in [5, 5.41) is 4.98. The van der Waals surface area contributed by atoms with Crippen LogP contribution in [0.3, 0.4) is 0 Å². The van der Waals surface area contributed by atoms with E-state index in [9.17, 15) is 0 Å². The van der Waals surface area contributed by atoms with Crippen LogP contribution in [0.15, 0.2) is 188 Å². The first-order valence-electron chi connectivity index (χ1n) is 18.3. The second-order valence-electron chi connectivity index (χ2n) is 13.7. The van der Waals surface area contributed by atoms with Gasteiger partial charge in [0.15, 0.2) is 5.82 Å². The zero-order valence-electron chi connectivity index (χ0n) is 29.2. The van der Waals surface area contributed by atoms with Crippen LogP contribution in [0.2, 0.25) is 0 Å². The molecule has 10 rings (SSSR count). The molecular weight excluding hydrogens is 643 g/mol. The largest absolute Gasteiger partial charge is 0.309 e. The molecule has 1 aliphatic carbocycles. The van der Waals surface area contributed by atoms with Crippen molar-refractivity contribution in [1.29, 1.82) is 0 Å². The van der Waals surface area contributed by atoms with Crippen molar-refractivity contribution < 1.29 is 0 Å². The fourth-order valence-electron chi connectivity index (χ4n) is 7.81. The molecule has 0 unspecified atom stereocenters. The number of aromatic nitrogens is 3. The lowest BCUT2D eigenvalue weighted by molar-refractivity contribution is 1.03. The molecule has 3 heteroatoms. The van der Waals surface area contributed by atoms with Gasteiger partial charge in [0.2, 0.25) is 0 Å². The Hall–Kier alpha value is -6.84. The monoisotopic (exact) mass is 677 g/mol. The van der Waals surface area contributed by atoms with Crippen LogP contribution >= 0.6 is 0 Å². The minimum absolute atomic E-state index is 0.742. The number of allylic oxidation sites excluding steroid dienone is 4. The molecule has 0 amide bonds. The molecule has 1 aliphatic rings. The molecule has 0 fully saturated rings. The molecule has 0 saturated carbocycles. The summed E-state index contributed by atoms with van der Waals surface area (Å²) >= 11 is 0. The molecule has 0 bridgehead atoms. The Bertz CT molecular complexity index is 2820. The molecule has 2 aromatic heterocycles. The maximum absolute atomic E-state index is 5.06. The summed E-state index contributed by atoms with van der Waals surface area (Å²) in [4.78, 5) is 10.1. The van der Waals surface area contributed by atoms with Crippen LogP contribution in [0.1, 0.15) is 18.5 Å². The van der Waals surface area contributed by atoms with Gasteiger partial charge in [-0.15, -0.1) is 0 Å². The summed E-state index contributed by atoms with van der Waals surface area (Å²) in [7, 11) is 0. The van der Waals surface area contributed by atoms with Crippen molar-refractivity contribution >= 4 is 38.2 Å². The number of hydrogen-bond acceptors (Lipinski definition) is 2. The van der Waals surface area contributed by atoms with Gasteiger partial charge in [0, 0.05) is 27.6 Å². The number of nitrogens with zero attached hydrogens (tertiary/aromatic N) is 3. The van der Waals surface area contributed by atoms with E-state index in [4.69, 9.17) is 9.97 Å². The van der Waals surface area contributed by atoms with Crippen molar-refractivity contribution in [3.05, 3.63) is 194 Å². The molecule has 7 aromatic carbocycles. The highest BCUT2D eigenvalue weighted by Crippen LogP contribution is 2.36. The highest BCUT2D eigenvalue weighted by Gasteiger charge is 2.15. The van der Waals surface area contributed by atoms with E-state index in [1.165, 1.54) is 54.8 Å². The van der Waals surface area contributed by atoms with Gasteiger partial charge >= 0.3 is 0 Å². The first-order chi connectivity index (χ1) is 26.3. The first kappa shape index (κ1) is 30.9. The lowest BCUT2D eigenvalue weighted by atomic mass is 9.94. The van der Waals surface area contributed by atoms with Crippen LogP contribution in [0, 0.1) is 0 Å². The molecule has 250 valence electrons. The summed E-state index contributed by atoms with van der Waals surface area (Å²) in [5.74, 6) is 0.742. The van der Waals surface area contributed by atoms with Crippen molar-refractivity contribution in [1.82, 2.24) is 14.5 Å². The molecule has 3 nitrogen and oxygen atoms in total. The van der Waals surface area contributed by atoms with Gasteiger partial charge in [-0.1, -0.05) is 152 Å². The lowest BCUT2D eigenvalue weighted by Gasteiger charge is -2.13. The normalized spacial score (nSPS) is 12.8. The predicted octanol–water partition coefficient (Wildman–Crippen LogP) is 13.1. The van der Waals surface area contributed by atoms with Crippen molar-refractivity contribution in [2.75, 3.05) is 0 Å². The van der Waals surface area contributed by atoms with Crippen molar-refractivity contribution in [2.45, 2.75) is 12.8 Å². The summed E-state index contributed by atoms with van der Waals surface area (Å²) in [6, 6.07) is 60.9. The van der Waals surface area contributed by atoms with E-state index >= 15 is 0 Å². The Kier molecular flexibility index (Phi) is 7.62. The number of benzene rings is 7. The first-order valence-corrected chi connectivity index (χ1v) is 18.3. The molecule has 0 atom stereocenters. The van der Waals surface area contributed by atoms with E-state index in [0.717, 1.165) is 52.4 Å².